The first-order valence-electron chi connectivity index (χ1n) is 12.2. The van der Waals surface area contributed by atoms with Crippen LogP contribution in [0.2, 0.25) is 0 Å². The Kier molecular flexibility index (Phi) is 5.81. The predicted molar refractivity (Wildman–Crippen MR) is 130 cm³/mol. The topological polar surface area (TPSA) is 116 Å². The van der Waals surface area contributed by atoms with Crippen LogP contribution in [0.5, 0.6) is 0 Å². The van der Waals surface area contributed by atoms with Gasteiger partial charge in [0.25, 0.3) is 0 Å². The number of fused-ring (bicyclic) bond motifs is 1. The van der Waals surface area contributed by atoms with E-state index in [9.17, 15) is 19.0 Å². The fourth-order valence-electron chi connectivity index (χ4n) is 4.84. The van der Waals surface area contributed by atoms with Crippen molar-refractivity contribution >= 4 is 33.3 Å². The molecule has 4 unspecified atom stereocenters. The summed E-state index contributed by atoms with van der Waals surface area (Å²) < 4.78 is 27.8. The Morgan fingerprint density at radius 1 is 1.11 bits per heavy atom. The van der Waals surface area contributed by atoms with E-state index in [1.807, 2.05) is 19.2 Å². The molecule has 3 fully saturated rings. The lowest BCUT2D eigenvalue weighted by molar-refractivity contribution is -0.0333. The van der Waals surface area contributed by atoms with Crippen molar-refractivity contribution in [2.75, 3.05) is 17.2 Å². The van der Waals surface area contributed by atoms with Gasteiger partial charge in [-0.2, -0.15) is 4.98 Å². The second-order valence-electron chi connectivity index (χ2n) is 9.98. The number of anilines is 2. The van der Waals surface area contributed by atoms with Crippen LogP contribution in [0.4, 0.5) is 20.5 Å². The van der Waals surface area contributed by atoms with E-state index in [0.717, 1.165) is 35.3 Å². The quantitative estimate of drug-likeness (QED) is 0.366. The molecule has 3 aromatic rings. The first-order valence-corrected chi connectivity index (χ1v) is 13.0. The molecule has 3 aliphatic rings. The number of nitrogens with zero attached hydrogens (tertiary/aromatic N) is 4. The second-order valence-corrected chi connectivity index (χ2v) is 11.0. The number of halogens is 2. The number of hydrogen-bond acceptors (Lipinski definition) is 9. The Balaban J connectivity index is 1.39. The van der Waals surface area contributed by atoms with Gasteiger partial charge in [-0.15, -0.1) is 11.3 Å². The maximum absolute atomic E-state index is 13.4. The van der Waals surface area contributed by atoms with Crippen molar-refractivity contribution in [3.63, 3.8) is 0 Å². The molecule has 11 heteroatoms. The molecule has 186 valence electrons. The van der Waals surface area contributed by atoms with Gasteiger partial charge in [0.2, 0.25) is 12.4 Å². The van der Waals surface area contributed by atoms with Gasteiger partial charge in [0.05, 0.1) is 39.7 Å². The van der Waals surface area contributed by atoms with Crippen molar-refractivity contribution < 1.29 is 19.0 Å². The second kappa shape index (κ2) is 8.86. The average molecular weight is 503 g/mol. The number of alkyl halides is 2. The summed E-state index contributed by atoms with van der Waals surface area (Å²) in [6, 6.07) is 1.17. The largest absolute Gasteiger partial charge is 0.390 e. The normalized spacial score (nSPS) is 26.6. The van der Waals surface area contributed by atoms with E-state index in [2.05, 4.69) is 25.6 Å². The zero-order valence-corrected chi connectivity index (χ0v) is 20.1. The number of aliphatic hydroxyl groups is 2. The van der Waals surface area contributed by atoms with Crippen LogP contribution in [0.15, 0.2) is 12.3 Å². The number of hydrogen-bond donors (Lipinski definition) is 4. The monoisotopic (exact) mass is 502 g/mol. The van der Waals surface area contributed by atoms with Crippen LogP contribution in [0.25, 0.3) is 20.8 Å². The lowest BCUT2D eigenvalue weighted by atomic mass is 10.1. The average Bonchev–Trinajstić information content (AvgIpc) is 3.75. The van der Waals surface area contributed by atoms with Crippen molar-refractivity contribution in [3.8, 4) is 10.6 Å². The molecule has 6 rings (SSSR count). The Hall–Kier alpha value is -2.50. The summed E-state index contributed by atoms with van der Waals surface area (Å²) in [7, 11) is 0. The van der Waals surface area contributed by atoms with Crippen LogP contribution in [0.3, 0.4) is 0 Å². The molecule has 3 heterocycles. The number of rotatable bonds is 8. The first-order chi connectivity index (χ1) is 16.9. The molecule has 8 nitrogen and oxygen atoms in total. The highest BCUT2D eigenvalue weighted by atomic mass is 32.1. The highest BCUT2D eigenvalue weighted by molar-refractivity contribution is 7.21. The molecule has 3 saturated carbocycles. The zero-order chi connectivity index (χ0) is 24.3. The molecule has 3 aromatic heterocycles. The molecule has 0 saturated heterocycles. The number of aromatic nitrogens is 4. The van der Waals surface area contributed by atoms with E-state index in [-0.39, 0.29) is 6.42 Å². The highest BCUT2D eigenvalue weighted by Crippen LogP contribution is 2.45. The van der Waals surface area contributed by atoms with Crippen LogP contribution in [-0.2, 0) is 0 Å². The van der Waals surface area contributed by atoms with E-state index in [1.54, 1.807) is 0 Å². The van der Waals surface area contributed by atoms with Crippen LogP contribution >= 0.6 is 11.3 Å². The van der Waals surface area contributed by atoms with Gasteiger partial charge >= 0.3 is 0 Å². The van der Waals surface area contributed by atoms with E-state index >= 15 is 0 Å². The minimum absolute atomic E-state index is 0.0665. The summed E-state index contributed by atoms with van der Waals surface area (Å²) >= 11 is 1.51. The molecule has 0 aromatic carbocycles. The summed E-state index contributed by atoms with van der Waals surface area (Å²) in [6.07, 6.45) is 0.784. The minimum Gasteiger partial charge on any atom is -0.390 e. The van der Waals surface area contributed by atoms with Gasteiger partial charge in [0, 0.05) is 18.7 Å². The van der Waals surface area contributed by atoms with Crippen molar-refractivity contribution in [2.24, 2.45) is 11.8 Å². The summed E-state index contributed by atoms with van der Waals surface area (Å²) in [5.41, 5.74) is 3.26. The fourth-order valence-corrected chi connectivity index (χ4v) is 5.91. The maximum Gasteiger partial charge on any atom is 0.244 e. The number of nitrogens with one attached hydrogen (secondary N) is 2. The first kappa shape index (κ1) is 22.9. The third-order valence-electron chi connectivity index (χ3n) is 7.22. The molecule has 35 heavy (non-hydrogen) atoms. The number of thiazole rings is 1. The molecule has 0 bridgehead atoms. The van der Waals surface area contributed by atoms with Crippen molar-refractivity contribution in [1.29, 1.82) is 0 Å². The fraction of sp³-hybridized carbons (Fsp3) is 0.583. The molecule has 4 N–H and O–H groups in total. The van der Waals surface area contributed by atoms with E-state index < -0.39 is 30.6 Å². The van der Waals surface area contributed by atoms with Gasteiger partial charge in [-0.3, -0.25) is 4.98 Å². The molecule has 3 aliphatic carbocycles. The Labute approximate surface area is 205 Å². The maximum atomic E-state index is 13.4. The SMILES string of the molecule is Cc1nc(NCC2CC2)nc(NC2CC(C(F)F)C(O)C2O)c1-c1nc2c(C3CC3)nccc2s1. The van der Waals surface area contributed by atoms with Crippen molar-refractivity contribution in [3.05, 3.63) is 23.7 Å². The molecule has 0 amide bonds. The predicted octanol–water partition coefficient (Wildman–Crippen LogP) is 3.94. The standard InChI is InChI=1S/C24H28F2N6O2S/c1-10-16(23-31-18-15(35-23)6-7-27-17(18)12-4-5-12)22(32-24(29-10)28-9-11-2-3-11)30-14-8-13(21(25)26)19(33)20(14)34/h6-7,11-14,19-21,33-34H,2-5,8-9H2,1H3,(H2,28,29,30,32). The van der Waals surface area contributed by atoms with Gasteiger partial charge in [-0.05, 0) is 51.0 Å². The Bertz CT molecular complexity index is 1250. The molecular weight excluding hydrogens is 474 g/mol. The number of aliphatic hydroxyl groups excluding tert-OH is 2. The van der Waals surface area contributed by atoms with Crippen LogP contribution in [-0.4, -0.2) is 61.4 Å². The van der Waals surface area contributed by atoms with Gasteiger partial charge in [-0.25, -0.2) is 18.7 Å². The molecule has 0 spiro atoms. The molecule has 4 atom stereocenters. The molecule has 0 aliphatic heterocycles. The lowest BCUT2D eigenvalue weighted by Gasteiger charge is -2.21. The highest BCUT2D eigenvalue weighted by Gasteiger charge is 2.46. The third-order valence-corrected chi connectivity index (χ3v) is 8.26. The van der Waals surface area contributed by atoms with Crippen LogP contribution < -0.4 is 10.6 Å². The minimum atomic E-state index is -2.72. The van der Waals surface area contributed by atoms with Gasteiger partial charge in [0.15, 0.2) is 0 Å². The van der Waals surface area contributed by atoms with Crippen LogP contribution in [0.1, 0.15) is 49.4 Å². The number of aryl methyl sites for hydroxylation is 1. The van der Waals surface area contributed by atoms with E-state index in [4.69, 9.17) is 4.98 Å². The number of pyridine rings is 1. The summed E-state index contributed by atoms with van der Waals surface area (Å²) in [5, 5.41) is 27.8. The molecular formula is C24H28F2N6O2S. The zero-order valence-electron chi connectivity index (χ0n) is 19.3. The van der Waals surface area contributed by atoms with Gasteiger partial charge in [0.1, 0.15) is 22.4 Å². The Morgan fingerprint density at radius 2 is 1.91 bits per heavy atom. The summed E-state index contributed by atoms with van der Waals surface area (Å²) in [5.74, 6) is 0.628. The van der Waals surface area contributed by atoms with E-state index in [1.165, 1.54) is 24.2 Å². The third kappa shape index (κ3) is 4.45. The Morgan fingerprint density at radius 3 is 2.60 bits per heavy atom. The molecule has 0 radical (unpaired) electrons. The summed E-state index contributed by atoms with van der Waals surface area (Å²) in [6.45, 7) is 2.65. The van der Waals surface area contributed by atoms with Crippen LogP contribution in [0, 0.1) is 18.8 Å². The van der Waals surface area contributed by atoms with E-state index in [0.29, 0.717) is 39.9 Å². The summed E-state index contributed by atoms with van der Waals surface area (Å²) in [4.78, 5) is 18.8. The van der Waals surface area contributed by atoms with Crippen molar-refractivity contribution in [2.45, 2.75) is 69.6 Å². The van der Waals surface area contributed by atoms with Gasteiger partial charge in [-0.1, -0.05) is 0 Å². The van der Waals surface area contributed by atoms with Gasteiger partial charge < -0.3 is 20.8 Å². The lowest BCUT2D eigenvalue weighted by Crippen LogP contribution is -2.36. The van der Waals surface area contributed by atoms with Crippen molar-refractivity contribution in [1.82, 2.24) is 19.9 Å². The smallest absolute Gasteiger partial charge is 0.244 e.